The van der Waals surface area contributed by atoms with Crippen molar-refractivity contribution in [2.45, 2.75) is 6.92 Å². The molecule has 0 aliphatic heterocycles. The van der Waals surface area contributed by atoms with Gasteiger partial charge >= 0.3 is 0 Å². The van der Waals surface area contributed by atoms with Crippen LogP contribution in [0.2, 0.25) is 10.0 Å². The molecule has 0 fully saturated rings. The molecule has 15 heavy (non-hydrogen) atoms. The molecule has 1 rings (SSSR count). The van der Waals surface area contributed by atoms with Crippen LogP contribution in [0.25, 0.3) is 5.57 Å². The lowest BCUT2D eigenvalue weighted by Gasteiger charge is -2.06. The average Bonchev–Trinajstić information content (AvgIpc) is 2.09. The van der Waals surface area contributed by atoms with Crippen LogP contribution in [0.15, 0.2) is 12.1 Å². The second-order valence-electron chi connectivity index (χ2n) is 2.83. The molecule has 0 N–H and O–H groups in total. The van der Waals surface area contributed by atoms with Gasteiger partial charge in [0.1, 0.15) is 11.5 Å². The van der Waals surface area contributed by atoms with Crippen LogP contribution in [0.3, 0.4) is 0 Å². The van der Waals surface area contributed by atoms with Gasteiger partial charge < -0.3 is 0 Å². The Labute approximate surface area is 101 Å². The Morgan fingerprint density at radius 2 is 1.93 bits per heavy atom. The van der Waals surface area contributed by atoms with Gasteiger partial charge in [-0.05, 0) is 36.2 Å². The first-order valence-corrected chi connectivity index (χ1v) is 5.01. The molecule has 0 heterocycles. The topological polar surface area (TPSA) is 34.1 Å². The van der Waals surface area contributed by atoms with Crippen molar-refractivity contribution in [2.24, 2.45) is 0 Å². The van der Waals surface area contributed by atoms with Gasteiger partial charge in [-0.3, -0.25) is 4.79 Å². The summed E-state index contributed by atoms with van der Waals surface area (Å²) in [7, 11) is 0. The lowest BCUT2D eigenvalue weighted by molar-refractivity contribution is -0.106. The van der Waals surface area contributed by atoms with E-state index < -0.39 is 5.24 Å². The van der Waals surface area contributed by atoms with Crippen LogP contribution in [-0.2, 0) is 9.59 Å². The quantitative estimate of drug-likeness (QED) is 0.466. The zero-order valence-corrected chi connectivity index (χ0v) is 9.87. The number of carbonyl (C=O) groups excluding carboxylic acids is 2. The Morgan fingerprint density at radius 1 is 1.33 bits per heavy atom. The first-order valence-electron chi connectivity index (χ1n) is 3.88. The van der Waals surface area contributed by atoms with E-state index in [4.69, 9.17) is 34.8 Å². The summed E-state index contributed by atoms with van der Waals surface area (Å²) in [4.78, 5) is 21.5. The summed E-state index contributed by atoms with van der Waals surface area (Å²) in [6.07, 6.45) is 0. The molecule has 78 valence electrons. The molecule has 0 amide bonds. The molecule has 2 nitrogen and oxygen atoms in total. The standard InChI is InChI=1S/C10H5Cl3O2/c1-5-2-6(11)3-8(12)9(5)7(4-14)10(13)15/h2-3H,1H3. The minimum Gasteiger partial charge on any atom is -0.275 e. The molecule has 0 aromatic heterocycles. The van der Waals surface area contributed by atoms with Crippen LogP contribution < -0.4 is 0 Å². The predicted octanol–water partition coefficient (Wildman–Crippen LogP) is 3.28. The number of allylic oxidation sites excluding steroid dienone is 1. The number of aryl methyl sites for hydroxylation is 1. The fourth-order valence-electron chi connectivity index (χ4n) is 1.21. The van der Waals surface area contributed by atoms with Gasteiger partial charge in [-0.15, -0.1) is 0 Å². The predicted molar refractivity (Wildman–Crippen MR) is 61.2 cm³/mol. The van der Waals surface area contributed by atoms with Crippen molar-refractivity contribution in [3.05, 3.63) is 33.3 Å². The molecule has 1 aromatic rings. The number of halogens is 3. The van der Waals surface area contributed by atoms with E-state index in [9.17, 15) is 9.59 Å². The zero-order valence-electron chi connectivity index (χ0n) is 7.61. The molecule has 0 spiro atoms. The lowest BCUT2D eigenvalue weighted by atomic mass is 10.0. The number of carbonyl (C=O) groups is 1. The average molecular weight is 264 g/mol. The van der Waals surface area contributed by atoms with Gasteiger partial charge in [0.15, 0.2) is 0 Å². The Morgan fingerprint density at radius 3 is 2.33 bits per heavy atom. The van der Waals surface area contributed by atoms with Crippen molar-refractivity contribution < 1.29 is 9.59 Å². The van der Waals surface area contributed by atoms with E-state index in [2.05, 4.69) is 0 Å². The molecule has 0 aliphatic carbocycles. The Bertz CT molecular complexity index is 451. The van der Waals surface area contributed by atoms with E-state index in [1.165, 1.54) is 12.0 Å². The fourth-order valence-corrected chi connectivity index (χ4v) is 2.03. The maximum absolute atomic E-state index is 10.9. The highest BCUT2D eigenvalue weighted by molar-refractivity contribution is 6.76. The van der Waals surface area contributed by atoms with Crippen LogP contribution in [-0.4, -0.2) is 11.2 Å². The molecule has 0 saturated carbocycles. The molecule has 0 unspecified atom stereocenters. The summed E-state index contributed by atoms with van der Waals surface area (Å²) in [5, 5.41) is -0.266. The van der Waals surface area contributed by atoms with Crippen molar-refractivity contribution >= 4 is 51.6 Å². The maximum atomic E-state index is 10.9. The van der Waals surface area contributed by atoms with E-state index in [1.807, 2.05) is 0 Å². The SMILES string of the molecule is Cc1cc(Cl)cc(Cl)c1C(=C=O)C(=O)Cl. The van der Waals surface area contributed by atoms with Crippen LogP contribution in [0.1, 0.15) is 11.1 Å². The van der Waals surface area contributed by atoms with Crippen LogP contribution in [0.4, 0.5) is 0 Å². The summed E-state index contributed by atoms with van der Waals surface area (Å²) in [5.74, 6) is 1.48. The zero-order chi connectivity index (χ0) is 11.6. The van der Waals surface area contributed by atoms with Gasteiger partial charge in [-0.2, -0.15) is 0 Å². The molecule has 5 heteroatoms. The third-order valence-electron chi connectivity index (χ3n) is 1.80. The van der Waals surface area contributed by atoms with Crippen molar-refractivity contribution in [1.29, 1.82) is 0 Å². The smallest absolute Gasteiger partial charge is 0.264 e. The van der Waals surface area contributed by atoms with Gasteiger partial charge in [-0.25, -0.2) is 4.79 Å². The molecular formula is C10H5Cl3O2. The number of rotatable bonds is 2. The molecule has 0 saturated heterocycles. The molecule has 0 atom stereocenters. The molecule has 0 aliphatic rings. The highest BCUT2D eigenvalue weighted by atomic mass is 35.5. The first kappa shape index (κ1) is 12.3. The van der Waals surface area contributed by atoms with Crippen molar-refractivity contribution in [2.75, 3.05) is 0 Å². The van der Waals surface area contributed by atoms with Gasteiger partial charge in [0.2, 0.25) is 0 Å². The minimum atomic E-state index is -0.891. The van der Waals surface area contributed by atoms with E-state index in [-0.39, 0.29) is 16.2 Å². The molecule has 1 aromatic carbocycles. The van der Waals surface area contributed by atoms with Crippen molar-refractivity contribution in [3.8, 4) is 0 Å². The van der Waals surface area contributed by atoms with Gasteiger partial charge in [-0.1, -0.05) is 23.2 Å². The molecule has 0 radical (unpaired) electrons. The van der Waals surface area contributed by atoms with E-state index in [1.54, 1.807) is 13.0 Å². The summed E-state index contributed by atoms with van der Waals surface area (Å²) in [5.41, 5.74) is 0.590. The fraction of sp³-hybridized carbons (Fsp3) is 0.100. The van der Waals surface area contributed by atoms with Gasteiger partial charge in [0.25, 0.3) is 5.24 Å². The number of hydrogen-bond acceptors (Lipinski definition) is 2. The largest absolute Gasteiger partial charge is 0.275 e. The maximum Gasteiger partial charge on any atom is 0.264 e. The summed E-state index contributed by atoms with van der Waals surface area (Å²) in [6, 6.07) is 3.02. The third-order valence-corrected chi connectivity index (χ3v) is 2.51. The second kappa shape index (κ2) is 4.82. The van der Waals surface area contributed by atoms with Crippen molar-refractivity contribution in [1.82, 2.24) is 0 Å². The Balaban J connectivity index is 3.50. The van der Waals surface area contributed by atoms with Crippen molar-refractivity contribution in [3.63, 3.8) is 0 Å². The monoisotopic (exact) mass is 262 g/mol. The van der Waals surface area contributed by atoms with Gasteiger partial charge in [0.05, 0.1) is 5.02 Å². The first-order chi connectivity index (χ1) is 6.97. The Hall–Kier alpha value is -0.790. The summed E-state index contributed by atoms with van der Waals surface area (Å²) >= 11 is 16.8. The van der Waals surface area contributed by atoms with E-state index in [0.29, 0.717) is 10.6 Å². The lowest BCUT2D eigenvalue weighted by Crippen LogP contribution is -1.98. The van der Waals surface area contributed by atoms with Crippen LogP contribution in [0.5, 0.6) is 0 Å². The normalized spacial score (nSPS) is 9.60. The molecule has 0 bridgehead atoms. The highest BCUT2D eigenvalue weighted by Crippen LogP contribution is 2.30. The number of benzene rings is 1. The minimum absolute atomic E-state index is 0.201. The molecular weight excluding hydrogens is 258 g/mol. The highest BCUT2D eigenvalue weighted by Gasteiger charge is 2.17. The summed E-state index contributed by atoms with van der Waals surface area (Å²) < 4.78 is 0. The second-order valence-corrected chi connectivity index (χ2v) is 4.02. The van der Waals surface area contributed by atoms with E-state index in [0.717, 1.165) is 0 Å². The van der Waals surface area contributed by atoms with Crippen LogP contribution in [0, 0.1) is 6.92 Å². The summed E-state index contributed by atoms with van der Waals surface area (Å²) in [6.45, 7) is 1.67. The van der Waals surface area contributed by atoms with Gasteiger partial charge in [0, 0.05) is 10.6 Å². The third kappa shape index (κ3) is 2.61. The number of hydrogen-bond donors (Lipinski definition) is 0. The van der Waals surface area contributed by atoms with E-state index >= 15 is 0 Å². The Kier molecular flexibility index (Phi) is 3.95. The van der Waals surface area contributed by atoms with Crippen LogP contribution >= 0.6 is 34.8 Å².